The van der Waals surface area contributed by atoms with Crippen LogP contribution in [0.4, 0.5) is 0 Å². The number of hydrogen-bond donors (Lipinski definition) is 2. The zero-order valence-corrected chi connectivity index (χ0v) is 23.0. The number of phenols is 1. The molecule has 0 saturated heterocycles. The van der Waals surface area contributed by atoms with Crippen LogP contribution < -0.4 is 5.32 Å². The van der Waals surface area contributed by atoms with Crippen LogP contribution in [0.2, 0.25) is 0 Å². The van der Waals surface area contributed by atoms with E-state index in [1.807, 2.05) is 0 Å². The number of esters is 1. The Hall–Kier alpha value is -2.99. The molecule has 0 aliphatic rings. The second-order valence-electron chi connectivity index (χ2n) is 8.25. The largest absolute Gasteiger partial charge is 0.507 e. The quantitative estimate of drug-likeness (QED) is 0.106. The molecule has 0 bridgehead atoms. The second-order valence-corrected chi connectivity index (χ2v) is 9.36. The molecule has 2 N–H and O–H groups in total. The SMILES string of the molecule is CC/C=C\C/C=C\C/C=C\C/C=C\C/C=C\CCCCSCC(=O)OCCNC(=O)c1ccccc1O. The number of carbonyl (C=O) groups is 2. The molecule has 1 amide bonds. The maximum Gasteiger partial charge on any atom is 0.315 e. The minimum absolute atomic E-state index is 0.0743. The van der Waals surface area contributed by atoms with Crippen molar-refractivity contribution in [3.8, 4) is 5.75 Å². The van der Waals surface area contributed by atoms with Crippen molar-refractivity contribution in [2.75, 3.05) is 24.7 Å². The summed E-state index contributed by atoms with van der Waals surface area (Å²) >= 11 is 1.57. The van der Waals surface area contributed by atoms with E-state index in [2.05, 4.69) is 73.0 Å². The van der Waals surface area contributed by atoms with Gasteiger partial charge in [-0.25, -0.2) is 0 Å². The number of unbranched alkanes of at least 4 members (excludes halogenated alkanes) is 2. The first-order chi connectivity index (χ1) is 18.1. The highest BCUT2D eigenvalue weighted by Crippen LogP contribution is 2.14. The average molecular weight is 526 g/mol. The third kappa shape index (κ3) is 18.9. The van der Waals surface area contributed by atoms with Crippen LogP contribution in [0, 0.1) is 0 Å². The Morgan fingerprint density at radius 1 is 0.865 bits per heavy atom. The van der Waals surface area contributed by atoms with Crippen molar-refractivity contribution < 1.29 is 19.4 Å². The van der Waals surface area contributed by atoms with E-state index in [9.17, 15) is 14.7 Å². The van der Waals surface area contributed by atoms with E-state index < -0.39 is 5.91 Å². The molecule has 202 valence electrons. The summed E-state index contributed by atoms with van der Waals surface area (Å²) in [5, 5.41) is 12.3. The minimum atomic E-state index is -0.393. The van der Waals surface area contributed by atoms with Gasteiger partial charge in [-0.3, -0.25) is 9.59 Å². The Morgan fingerprint density at radius 2 is 1.46 bits per heavy atom. The molecular formula is C31H43NO4S. The highest BCUT2D eigenvalue weighted by molar-refractivity contribution is 7.99. The zero-order valence-electron chi connectivity index (χ0n) is 22.1. The molecule has 1 aromatic rings. The van der Waals surface area contributed by atoms with E-state index in [0.717, 1.165) is 57.1 Å². The average Bonchev–Trinajstić information content (AvgIpc) is 2.90. The van der Waals surface area contributed by atoms with Gasteiger partial charge in [0.2, 0.25) is 0 Å². The van der Waals surface area contributed by atoms with Gasteiger partial charge >= 0.3 is 5.97 Å². The van der Waals surface area contributed by atoms with Crippen LogP contribution in [0.15, 0.2) is 85.0 Å². The zero-order chi connectivity index (χ0) is 26.8. The lowest BCUT2D eigenvalue weighted by atomic mass is 10.2. The first-order valence-corrected chi connectivity index (χ1v) is 14.3. The maximum atomic E-state index is 11.9. The van der Waals surface area contributed by atoms with Crippen molar-refractivity contribution in [2.24, 2.45) is 0 Å². The molecule has 1 rings (SSSR count). The number of allylic oxidation sites excluding steroid dienone is 10. The third-order valence-corrected chi connectivity index (χ3v) is 6.10. The summed E-state index contributed by atoms with van der Waals surface area (Å²) in [6.07, 6.45) is 30.3. The van der Waals surface area contributed by atoms with Gasteiger partial charge in [0.05, 0.1) is 17.9 Å². The second kappa shape index (κ2) is 23.4. The number of benzene rings is 1. The van der Waals surface area contributed by atoms with Crippen LogP contribution in [-0.2, 0) is 9.53 Å². The maximum absolute atomic E-state index is 11.9. The first kappa shape index (κ1) is 32.0. The fraction of sp³-hybridized carbons (Fsp3) is 0.419. The number of ether oxygens (including phenoxy) is 1. The van der Waals surface area contributed by atoms with Gasteiger partial charge in [-0.05, 0) is 69.3 Å². The predicted molar refractivity (Wildman–Crippen MR) is 157 cm³/mol. The summed E-state index contributed by atoms with van der Waals surface area (Å²) in [4.78, 5) is 23.7. The van der Waals surface area contributed by atoms with Crippen LogP contribution in [0.5, 0.6) is 5.75 Å². The molecule has 0 unspecified atom stereocenters. The number of phenolic OH excluding ortho intramolecular Hbond substituents is 1. The number of carbonyl (C=O) groups excluding carboxylic acids is 2. The molecule has 0 atom stereocenters. The lowest BCUT2D eigenvalue weighted by molar-refractivity contribution is -0.140. The van der Waals surface area contributed by atoms with Crippen LogP contribution >= 0.6 is 11.8 Å². The highest BCUT2D eigenvalue weighted by Gasteiger charge is 2.09. The number of thioether (sulfide) groups is 1. The van der Waals surface area contributed by atoms with Crippen molar-refractivity contribution in [1.82, 2.24) is 5.32 Å². The van der Waals surface area contributed by atoms with Crippen molar-refractivity contribution >= 4 is 23.6 Å². The van der Waals surface area contributed by atoms with Gasteiger partial charge in [0.1, 0.15) is 12.4 Å². The lowest BCUT2D eigenvalue weighted by Crippen LogP contribution is -2.28. The van der Waals surface area contributed by atoms with Gasteiger partial charge in [-0.15, -0.1) is 0 Å². The van der Waals surface area contributed by atoms with Gasteiger partial charge in [0.15, 0.2) is 0 Å². The fourth-order valence-corrected chi connectivity index (χ4v) is 3.92. The molecule has 0 fully saturated rings. The van der Waals surface area contributed by atoms with E-state index in [1.54, 1.807) is 23.9 Å². The van der Waals surface area contributed by atoms with Crippen LogP contribution in [0.25, 0.3) is 0 Å². The number of hydrogen-bond acceptors (Lipinski definition) is 5. The van der Waals surface area contributed by atoms with Gasteiger partial charge < -0.3 is 15.2 Å². The lowest BCUT2D eigenvalue weighted by Gasteiger charge is -2.07. The molecule has 0 radical (unpaired) electrons. The molecule has 0 heterocycles. The van der Waals surface area contributed by atoms with Crippen molar-refractivity contribution in [2.45, 2.75) is 58.3 Å². The minimum Gasteiger partial charge on any atom is -0.507 e. The van der Waals surface area contributed by atoms with E-state index in [1.165, 1.54) is 12.1 Å². The predicted octanol–water partition coefficient (Wildman–Crippen LogP) is 7.32. The standard InChI is InChI=1S/C31H43NO4S/c1-2-3-4-5-6-7-8-9-10-11-12-13-14-15-16-17-18-21-26-37-27-30(34)36-25-24-32-31(35)28-22-19-20-23-29(28)33/h3-4,6-7,9-10,12-13,15-16,19-20,22-23,33H,2,5,8,11,14,17-18,21,24-27H2,1H3,(H,32,35)/b4-3-,7-6-,10-9-,13-12-,16-15-. The first-order valence-electron chi connectivity index (χ1n) is 13.2. The topological polar surface area (TPSA) is 75.6 Å². The molecule has 5 nitrogen and oxygen atoms in total. The van der Waals surface area contributed by atoms with E-state index in [4.69, 9.17) is 4.74 Å². The smallest absolute Gasteiger partial charge is 0.315 e. The molecule has 0 aromatic heterocycles. The van der Waals surface area contributed by atoms with Gasteiger partial charge in [-0.1, -0.05) is 79.8 Å². The number of amides is 1. The Labute approximate surface area is 227 Å². The molecule has 0 spiro atoms. The van der Waals surface area contributed by atoms with Crippen molar-refractivity contribution in [1.29, 1.82) is 0 Å². The van der Waals surface area contributed by atoms with Crippen LogP contribution in [0.1, 0.15) is 68.6 Å². The third-order valence-electron chi connectivity index (χ3n) is 5.09. The van der Waals surface area contributed by atoms with Crippen LogP contribution in [-0.4, -0.2) is 41.6 Å². The fourth-order valence-electron chi connectivity index (χ4n) is 3.12. The Balaban J connectivity index is 1.91. The highest BCUT2D eigenvalue weighted by atomic mass is 32.2. The Bertz CT molecular complexity index is 902. The number of aromatic hydroxyl groups is 1. The van der Waals surface area contributed by atoms with Gasteiger partial charge in [0, 0.05) is 0 Å². The van der Waals surface area contributed by atoms with Crippen LogP contribution in [0.3, 0.4) is 0 Å². The summed E-state index contributed by atoms with van der Waals surface area (Å²) in [5.41, 5.74) is 0.203. The summed E-state index contributed by atoms with van der Waals surface area (Å²) in [7, 11) is 0. The molecule has 6 heteroatoms. The van der Waals surface area contributed by atoms with E-state index >= 15 is 0 Å². The van der Waals surface area contributed by atoms with Crippen molar-refractivity contribution in [3.63, 3.8) is 0 Å². The molecule has 0 saturated carbocycles. The molecule has 1 aromatic carbocycles. The van der Waals surface area contributed by atoms with Gasteiger partial charge in [-0.2, -0.15) is 11.8 Å². The monoisotopic (exact) mass is 525 g/mol. The molecule has 0 aliphatic carbocycles. The normalized spacial score (nSPS) is 12.0. The Morgan fingerprint density at radius 3 is 2.08 bits per heavy atom. The molecule has 37 heavy (non-hydrogen) atoms. The summed E-state index contributed by atoms with van der Waals surface area (Å²) in [6.45, 7) is 2.47. The molecular weight excluding hydrogens is 482 g/mol. The summed E-state index contributed by atoms with van der Waals surface area (Å²) < 4.78 is 5.14. The molecule has 0 aliphatic heterocycles. The van der Waals surface area contributed by atoms with Gasteiger partial charge in [0.25, 0.3) is 5.91 Å². The summed E-state index contributed by atoms with van der Waals surface area (Å²) in [5.74, 6) is 0.490. The van der Waals surface area contributed by atoms with E-state index in [0.29, 0.717) is 5.75 Å². The number of para-hydroxylation sites is 1. The van der Waals surface area contributed by atoms with Crippen molar-refractivity contribution in [3.05, 3.63) is 90.6 Å². The Kier molecular flexibility index (Phi) is 20.3. The number of rotatable bonds is 20. The number of nitrogens with one attached hydrogen (secondary N) is 1. The summed E-state index contributed by atoms with van der Waals surface area (Å²) in [6, 6.07) is 6.32. The van der Waals surface area contributed by atoms with E-state index in [-0.39, 0.29) is 30.4 Å².